The molecule has 2 aliphatic heterocycles. The average Bonchev–Trinajstić information content (AvgIpc) is 3.65. The van der Waals surface area contributed by atoms with E-state index in [0.29, 0.717) is 29.5 Å². The monoisotopic (exact) mass is 595 g/mol. The number of rotatable bonds is 4. The topological polar surface area (TPSA) is 30.3 Å². The van der Waals surface area contributed by atoms with Gasteiger partial charge in [0.25, 0.3) is 0 Å². The van der Waals surface area contributed by atoms with Crippen LogP contribution >= 0.6 is 0 Å². The molecule has 4 atom stereocenters. The predicted molar refractivity (Wildman–Crippen MR) is 189 cm³/mol. The molecule has 0 saturated carbocycles. The lowest BCUT2D eigenvalue weighted by Crippen LogP contribution is -2.34. The smallest absolute Gasteiger partial charge is 0.0991 e. The summed E-state index contributed by atoms with van der Waals surface area (Å²) in [5, 5.41) is 9.35. The Kier molecular flexibility index (Phi) is 6.56. The minimum Gasteiger partial charge on any atom is -0.340 e. The highest BCUT2D eigenvalue weighted by Crippen LogP contribution is 2.53. The number of allylic oxidation sites excluding steroid dienone is 6. The van der Waals surface area contributed by atoms with Crippen LogP contribution in [-0.4, -0.2) is 12.1 Å². The van der Waals surface area contributed by atoms with Crippen LogP contribution in [0.3, 0.4) is 0 Å². The Balaban J connectivity index is 1.12. The molecule has 0 amide bonds. The third kappa shape index (κ3) is 4.31. The molecule has 0 radical (unpaired) electrons. The van der Waals surface area contributed by atoms with Crippen LogP contribution in [0.4, 0.5) is 17.1 Å². The maximum absolute atomic E-state index is 9.35. The van der Waals surface area contributed by atoms with E-state index >= 15 is 0 Å². The van der Waals surface area contributed by atoms with Gasteiger partial charge in [0.1, 0.15) is 0 Å². The zero-order chi connectivity index (χ0) is 30.6. The highest BCUT2D eigenvalue weighted by atomic mass is 15.2. The van der Waals surface area contributed by atoms with Crippen LogP contribution in [0.1, 0.15) is 67.1 Å². The maximum Gasteiger partial charge on any atom is 0.0991 e. The van der Waals surface area contributed by atoms with Gasteiger partial charge in [-0.2, -0.15) is 5.26 Å². The summed E-state index contributed by atoms with van der Waals surface area (Å²) in [6, 6.07) is 34.5. The summed E-state index contributed by atoms with van der Waals surface area (Å²) in [6.07, 6.45) is 23.3. The molecule has 4 aromatic rings. The molecule has 224 valence electrons. The minimum absolute atomic E-state index is 0.364. The van der Waals surface area contributed by atoms with E-state index in [9.17, 15) is 5.26 Å². The van der Waals surface area contributed by atoms with E-state index in [-0.39, 0.29) is 0 Å². The summed E-state index contributed by atoms with van der Waals surface area (Å²) in [4.78, 5) is 5.22. The largest absolute Gasteiger partial charge is 0.340 e. The Morgan fingerprint density at radius 3 is 2.17 bits per heavy atom. The van der Waals surface area contributed by atoms with Crippen LogP contribution in [-0.2, 0) is 0 Å². The van der Waals surface area contributed by atoms with Crippen LogP contribution in [0.15, 0.2) is 133 Å². The molecule has 2 heterocycles. The summed E-state index contributed by atoms with van der Waals surface area (Å²) in [5.74, 6) is 0.814. The van der Waals surface area contributed by atoms with Crippen molar-refractivity contribution < 1.29 is 0 Å². The fraction of sp³-hybridized carbons (Fsp3) is 0.233. The Hall–Kier alpha value is -5.07. The van der Waals surface area contributed by atoms with Gasteiger partial charge in [0.2, 0.25) is 0 Å². The number of nitriles is 1. The molecule has 3 heteroatoms. The van der Waals surface area contributed by atoms with Gasteiger partial charge in [-0.1, -0.05) is 78.9 Å². The number of fused-ring (bicyclic) bond motifs is 6. The third-order valence-corrected chi connectivity index (χ3v) is 10.8. The first-order chi connectivity index (χ1) is 22.8. The summed E-state index contributed by atoms with van der Waals surface area (Å²) in [7, 11) is 0. The van der Waals surface area contributed by atoms with Crippen molar-refractivity contribution in [1.82, 2.24) is 0 Å². The number of hydrogen-bond donors (Lipinski definition) is 0. The Labute approximate surface area is 272 Å². The number of anilines is 3. The van der Waals surface area contributed by atoms with E-state index in [2.05, 4.69) is 131 Å². The van der Waals surface area contributed by atoms with Crippen molar-refractivity contribution in [2.24, 2.45) is 0 Å². The lowest BCUT2D eigenvalue weighted by Gasteiger charge is -2.34. The second-order valence-corrected chi connectivity index (χ2v) is 13.3. The zero-order valence-corrected chi connectivity index (χ0v) is 26.0. The normalized spacial score (nSPS) is 23.8. The van der Waals surface area contributed by atoms with Gasteiger partial charge in [-0.15, -0.1) is 0 Å². The quantitative estimate of drug-likeness (QED) is 0.220. The highest BCUT2D eigenvalue weighted by molar-refractivity contribution is 5.88. The van der Waals surface area contributed by atoms with E-state index in [4.69, 9.17) is 0 Å². The van der Waals surface area contributed by atoms with Gasteiger partial charge in [0.05, 0.1) is 17.3 Å². The summed E-state index contributed by atoms with van der Waals surface area (Å²) < 4.78 is 0. The van der Waals surface area contributed by atoms with Crippen LogP contribution < -0.4 is 9.80 Å². The second-order valence-electron chi connectivity index (χ2n) is 13.3. The van der Waals surface area contributed by atoms with Crippen molar-refractivity contribution in [3.05, 3.63) is 150 Å². The van der Waals surface area contributed by atoms with Gasteiger partial charge >= 0.3 is 0 Å². The molecule has 9 rings (SSSR count). The van der Waals surface area contributed by atoms with Crippen molar-refractivity contribution in [2.75, 3.05) is 9.80 Å². The summed E-state index contributed by atoms with van der Waals surface area (Å²) in [5.41, 5.74) is 14.0. The zero-order valence-electron chi connectivity index (χ0n) is 26.0. The first kappa shape index (κ1) is 27.3. The number of benzene rings is 4. The van der Waals surface area contributed by atoms with E-state index in [0.717, 1.165) is 32.1 Å². The summed E-state index contributed by atoms with van der Waals surface area (Å²) >= 11 is 0. The molecule has 5 aliphatic rings. The van der Waals surface area contributed by atoms with Crippen molar-refractivity contribution >= 4 is 17.1 Å². The molecule has 0 saturated heterocycles. The molecule has 46 heavy (non-hydrogen) atoms. The molecule has 0 spiro atoms. The van der Waals surface area contributed by atoms with Crippen LogP contribution in [0, 0.1) is 11.3 Å². The number of para-hydroxylation sites is 1. The van der Waals surface area contributed by atoms with E-state index in [1.54, 1.807) is 0 Å². The molecule has 0 aromatic heterocycles. The number of hydrogen-bond acceptors (Lipinski definition) is 3. The lowest BCUT2D eigenvalue weighted by molar-refractivity contribution is 0.546. The third-order valence-electron chi connectivity index (χ3n) is 10.8. The van der Waals surface area contributed by atoms with Crippen molar-refractivity contribution in [2.45, 2.75) is 62.4 Å². The fourth-order valence-corrected chi connectivity index (χ4v) is 8.77. The van der Waals surface area contributed by atoms with Gasteiger partial charge in [-0.25, -0.2) is 0 Å². The molecule has 0 N–H and O–H groups in total. The Morgan fingerprint density at radius 2 is 1.39 bits per heavy atom. The van der Waals surface area contributed by atoms with E-state index in [1.807, 2.05) is 12.1 Å². The van der Waals surface area contributed by atoms with E-state index in [1.165, 1.54) is 62.6 Å². The van der Waals surface area contributed by atoms with E-state index < -0.39 is 0 Å². The fourth-order valence-electron chi connectivity index (χ4n) is 8.77. The van der Waals surface area contributed by atoms with Gasteiger partial charge in [-0.3, -0.25) is 0 Å². The van der Waals surface area contributed by atoms with Gasteiger partial charge < -0.3 is 9.80 Å². The predicted octanol–water partition coefficient (Wildman–Crippen LogP) is 10.7. The summed E-state index contributed by atoms with van der Waals surface area (Å²) in [6.45, 7) is 0. The van der Waals surface area contributed by atoms with Crippen LogP contribution in [0.2, 0.25) is 0 Å². The average molecular weight is 596 g/mol. The van der Waals surface area contributed by atoms with Crippen molar-refractivity contribution in [3.8, 4) is 28.3 Å². The van der Waals surface area contributed by atoms with Crippen molar-refractivity contribution in [3.63, 3.8) is 0 Å². The molecule has 4 aromatic carbocycles. The Morgan fingerprint density at radius 1 is 0.652 bits per heavy atom. The maximum atomic E-state index is 9.35. The van der Waals surface area contributed by atoms with Gasteiger partial charge in [-0.05, 0) is 115 Å². The molecule has 3 unspecified atom stereocenters. The molecule has 3 aliphatic carbocycles. The second kappa shape index (κ2) is 11.1. The molecular weight excluding hydrogens is 558 g/mol. The SMILES string of the molecule is N#Cc1ccc(N2c3ccc(-c4cccc(-c5cccc6c5N(C5=CC=CCC5)C5CCC=CC65)c4)cc3[C@H]3C=CCCC32)cc1. The Bertz CT molecular complexity index is 2000. The first-order valence-electron chi connectivity index (χ1n) is 16.9. The first-order valence-corrected chi connectivity index (χ1v) is 16.9. The lowest BCUT2D eigenvalue weighted by atomic mass is 9.86. The standard InChI is InChI=1S/C43H37N3/c44-28-29-20-23-34(24-21-29)45-40-18-6-5-15-37(40)39-27-31(22-25-42(39)45)30-10-8-11-32(26-30)35-16-9-17-38-36-14-4-7-19-41(36)46(43(35)38)33-12-2-1-3-13-33/h1-2,4-5,8-12,14-17,20-27,36-37,40-41H,3,6-7,13,18-19H2/t36?,37-,40?,41?/m1/s1. The molecule has 0 fully saturated rings. The molecule has 0 bridgehead atoms. The molecular formula is C43H37N3. The highest BCUT2D eigenvalue weighted by Gasteiger charge is 2.41. The van der Waals surface area contributed by atoms with Crippen molar-refractivity contribution in [1.29, 1.82) is 5.26 Å². The van der Waals surface area contributed by atoms with Gasteiger partial charge in [0.15, 0.2) is 0 Å². The number of nitrogens with zero attached hydrogens (tertiary/aromatic N) is 3. The van der Waals surface area contributed by atoms with Crippen LogP contribution in [0.25, 0.3) is 22.3 Å². The van der Waals surface area contributed by atoms with Crippen LogP contribution in [0.5, 0.6) is 0 Å². The molecule has 3 nitrogen and oxygen atoms in total. The minimum atomic E-state index is 0.364. The van der Waals surface area contributed by atoms with Gasteiger partial charge in [0, 0.05) is 46.6 Å².